The molecule has 0 aliphatic carbocycles. The Morgan fingerprint density at radius 1 is 1.41 bits per heavy atom. The number of anilines is 1. The van der Waals surface area contributed by atoms with E-state index in [0.717, 1.165) is 4.70 Å². The van der Waals surface area contributed by atoms with E-state index in [1.807, 2.05) is 25.7 Å². The first-order valence-electron chi connectivity index (χ1n) is 6.86. The molecule has 8 heteroatoms. The Labute approximate surface area is 136 Å². The molecule has 1 fully saturated rings. The lowest BCUT2D eigenvalue weighted by atomic mass is 10.1. The molecule has 118 valence electrons. The summed E-state index contributed by atoms with van der Waals surface area (Å²) in [6.45, 7) is 6.02. The highest BCUT2D eigenvalue weighted by atomic mass is 32.2. The van der Waals surface area contributed by atoms with Crippen LogP contribution < -0.4 is 10.9 Å². The molecular weight excluding hydrogens is 323 g/mol. The maximum atomic E-state index is 13.2. The number of carbonyl (C=O) groups excluding carboxylic acids is 1. The number of hydrazine groups is 1. The van der Waals surface area contributed by atoms with Crippen LogP contribution in [0.4, 0.5) is 9.52 Å². The molecule has 1 aromatic carbocycles. The standard InChI is InChI=1S/C14H17FN4OS2/c1-14(2,3)19-11(20)7-21-13(19)18-17-12-16-9-6-8(15)4-5-10(9)22-12/h4-6,13,18H,7H2,1-3H3,(H,16,17). The predicted molar refractivity (Wildman–Crippen MR) is 89.2 cm³/mol. The van der Waals surface area contributed by atoms with E-state index in [2.05, 4.69) is 15.8 Å². The zero-order valence-corrected chi connectivity index (χ0v) is 14.1. The first-order chi connectivity index (χ1) is 10.3. The van der Waals surface area contributed by atoms with Gasteiger partial charge in [0.05, 0.1) is 16.0 Å². The molecule has 0 saturated carbocycles. The van der Waals surface area contributed by atoms with Gasteiger partial charge in [-0.1, -0.05) is 11.3 Å². The number of hydrogen-bond donors (Lipinski definition) is 2. The van der Waals surface area contributed by atoms with E-state index < -0.39 is 0 Å². The van der Waals surface area contributed by atoms with E-state index in [0.29, 0.717) is 16.4 Å². The van der Waals surface area contributed by atoms with Gasteiger partial charge in [-0.15, -0.1) is 11.8 Å². The summed E-state index contributed by atoms with van der Waals surface area (Å²) in [4.78, 5) is 18.2. The Morgan fingerprint density at radius 3 is 2.91 bits per heavy atom. The van der Waals surface area contributed by atoms with Crippen LogP contribution in [0.2, 0.25) is 0 Å². The molecule has 1 saturated heterocycles. The van der Waals surface area contributed by atoms with Gasteiger partial charge in [-0.25, -0.2) is 14.8 Å². The largest absolute Gasteiger partial charge is 0.311 e. The SMILES string of the molecule is CC(C)(C)N1C(=O)CSC1NNc1nc2cc(F)ccc2s1. The Bertz CT molecular complexity index is 712. The Kier molecular flexibility index (Phi) is 4.00. The minimum absolute atomic E-state index is 0.114. The van der Waals surface area contributed by atoms with E-state index in [9.17, 15) is 9.18 Å². The van der Waals surface area contributed by atoms with Crippen LogP contribution in [-0.2, 0) is 4.79 Å². The molecule has 1 unspecified atom stereocenters. The minimum atomic E-state index is -0.298. The normalized spacial score (nSPS) is 19.2. The lowest BCUT2D eigenvalue weighted by molar-refractivity contribution is -0.133. The average Bonchev–Trinajstić information content (AvgIpc) is 2.98. The number of halogens is 1. The summed E-state index contributed by atoms with van der Waals surface area (Å²) in [5, 5.41) is 0.648. The summed E-state index contributed by atoms with van der Waals surface area (Å²) in [5.74, 6) is 0.276. The van der Waals surface area contributed by atoms with Crippen molar-refractivity contribution in [3.05, 3.63) is 24.0 Å². The third-order valence-corrected chi connectivity index (χ3v) is 5.25. The number of aromatic nitrogens is 1. The molecule has 1 amide bonds. The first kappa shape index (κ1) is 15.5. The van der Waals surface area contributed by atoms with Crippen LogP contribution in [0.15, 0.2) is 18.2 Å². The molecule has 5 nitrogen and oxygen atoms in total. The molecule has 1 atom stereocenters. The van der Waals surface area contributed by atoms with Crippen molar-refractivity contribution in [1.82, 2.24) is 15.3 Å². The Morgan fingerprint density at radius 2 is 2.18 bits per heavy atom. The fourth-order valence-corrected chi connectivity index (χ4v) is 4.31. The number of carbonyl (C=O) groups is 1. The predicted octanol–water partition coefficient (Wildman–Crippen LogP) is 3.01. The number of amides is 1. The zero-order chi connectivity index (χ0) is 15.9. The van der Waals surface area contributed by atoms with Crippen molar-refractivity contribution < 1.29 is 9.18 Å². The minimum Gasteiger partial charge on any atom is -0.311 e. The lowest BCUT2D eigenvalue weighted by Gasteiger charge is -2.36. The zero-order valence-electron chi connectivity index (χ0n) is 12.5. The first-order valence-corrected chi connectivity index (χ1v) is 8.72. The van der Waals surface area contributed by atoms with Crippen LogP contribution in [-0.4, -0.2) is 32.6 Å². The summed E-state index contributed by atoms with van der Waals surface area (Å²) < 4.78 is 14.1. The number of rotatable bonds is 3. The summed E-state index contributed by atoms with van der Waals surface area (Å²) >= 11 is 2.97. The lowest BCUT2D eigenvalue weighted by Crippen LogP contribution is -2.53. The van der Waals surface area contributed by atoms with Crippen molar-refractivity contribution in [1.29, 1.82) is 0 Å². The molecule has 0 spiro atoms. The van der Waals surface area contributed by atoms with Gasteiger partial charge in [-0.05, 0) is 32.9 Å². The summed E-state index contributed by atoms with van der Waals surface area (Å²) in [5.41, 5.74) is 6.38. The quantitative estimate of drug-likeness (QED) is 0.841. The molecule has 2 aromatic rings. The maximum absolute atomic E-state index is 13.2. The van der Waals surface area contributed by atoms with Crippen LogP contribution in [0.25, 0.3) is 10.2 Å². The average molecular weight is 340 g/mol. The molecular formula is C14H17FN4OS2. The number of nitrogens with zero attached hydrogens (tertiary/aromatic N) is 2. The van der Waals surface area contributed by atoms with Gasteiger partial charge in [-0.2, -0.15) is 0 Å². The summed E-state index contributed by atoms with van der Waals surface area (Å²) in [6.07, 6.45) is 0. The number of nitrogens with one attached hydrogen (secondary N) is 2. The van der Waals surface area contributed by atoms with Crippen molar-refractivity contribution in [2.45, 2.75) is 31.8 Å². The van der Waals surface area contributed by atoms with Crippen molar-refractivity contribution >= 4 is 44.4 Å². The van der Waals surface area contributed by atoms with Crippen molar-refractivity contribution in [2.24, 2.45) is 0 Å². The van der Waals surface area contributed by atoms with Gasteiger partial charge in [0.25, 0.3) is 0 Å². The maximum Gasteiger partial charge on any atom is 0.235 e. The fraction of sp³-hybridized carbons (Fsp3) is 0.429. The van der Waals surface area contributed by atoms with Crippen LogP contribution in [0.1, 0.15) is 20.8 Å². The third kappa shape index (κ3) is 3.04. The van der Waals surface area contributed by atoms with E-state index in [4.69, 9.17) is 0 Å². The van der Waals surface area contributed by atoms with Gasteiger partial charge in [0.1, 0.15) is 11.3 Å². The van der Waals surface area contributed by atoms with Crippen LogP contribution >= 0.6 is 23.1 Å². The molecule has 0 radical (unpaired) electrons. The molecule has 1 aliphatic heterocycles. The summed E-state index contributed by atoms with van der Waals surface area (Å²) in [7, 11) is 0. The Balaban J connectivity index is 1.72. The summed E-state index contributed by atoms with van der Waals surface area (Å²) in [6, 6.07) is 4.54. The van der Waals surface area contributed by atoms with Crippen LogP contribution in [0.5, 0.6) is 0 Å². The topological polar surface area (TPSA) is 57.3 Å². The monoisotopic (exact) mass is 340 g/mol. The second-order valence-corrected chi connectivity index (χ2v) is 8.10. The van der Waals surface area contributed by atoms with Gasteiger partial charge in [0.2, 0.25) is 5.91 Å². The second-order valence-electron chi connectivity index (χ2n) is 6.00. The van der Waals surface area contributed by atoms with Gasteiger partial charge in [0.15, 0.2) is 5.13 Å². The molecule has 0 bridgehead atoms. The molecule has 2 heterocycles. The molecule has 2 N–H and O–H groups in total. The number of benzene rings is 1. The van der Waals surface area contributed by atoms with Gasteiger partial charge in [0, 0.05) is 11.6 Å². The highest BCUT2D eigenvalue weighted by Crippen LogP contribution is 2.31. The fourth-order valence-electron chi connectivity index (χ4n) is 2.33. The number of hydrogen-bond acceptors (Lipinski definition) is 6. The van der Waals surface area contributed by atoms with Gasteiger partial charge >= 0.3 is 0 Å². The highest BCUT2D eigenvalue weighted by Gasteiger charge is 2.38. The molecule has 3 rings (SSSR count). The van der Waals surface area contributed by atoms with Crippen LogP contribution in [0, 0.1) is 5.82 Å². The van der Waals surface area contributed by atoms with Crippen molar-refractivity contribution in [2.75, 3.05) is 11.2 Å². The van der Waals surface area contributed by atoms with E-state index in [-0.39, 0.29) is 22.8 Å². The van der Waals surface area contributed by atoms with E-state index in [1.165, 1.54) is 35.2 Å². The molecule has 1 aromatic heterocycles. The third-order valence-electron chi connectivity index (χ3n) is 3.24. The van der Waals surface area contributed by atoms with E-state index in [1.54, 1.807) is 6.07 Å². The number of thioether (sulfide) groups is 1. The van der Waals surface area contributed by atoms with Gasteiger partial charge in [-0.3, -0.25) is 10.2 Å². The van der Waals surface area contributed by atoms with Crippen molar-refractivity contribution in [3.8, 4) is 0 Å². The Hall–Kier alpha value is -1.38. The van der Waals surface area contributed by atoms with E-state index >= 15 is 0 Å². The van der Waals surface area contributed by atoms with Crippen molar-refractivity contribution in [3.63, 3.8) is 0 Å². The number of thiazole rings is 1. The number of fused-ring (bicyclic) bond motifs is 1. The highest BCUT2D eigenvalue weighted by molar-refractivity contribution is 8.00. The molecule has 1 aliphatic rings. The molecule has 22 heavy (non-hydrogen) atoms. The second kappa shape index (κ2) is 5.68. The van der Waals surface area contributed by atoms with Crippen LogP contribution in [0.3, 0.4) is 0 Å². The van der Waals surface area contributed by atoms with Gasteiger partial charge < -0.3 is 4.90 Å². The smallest absolute Gasteiger partial charge is 0.235 e.